The number of nitrogen functional groups attached to an aromatic ring is 1. The number of halogens is 2. The Morgan fingerprint density at radius 2 is 2.05 bits per heavy atom. The highest BCUT2D eigenvalue weighted by Crippen LogP contribution is 2.28. The van der Waals surface area contributed by atoms with Gasteiger partial charge in [-0.25, -0.2) is 4.98 Å². The van der Waals surface area contributed by atoms with Crippen molar-refractivity contribution in [2.24, 2.45) is 5.73 Å². The molecule has 0 aliphatic rings. The van der Waals surface area contributed by atoms with Gasteiger partial charge in [0.15, 0.2) is 5.82 Å². The summed E-state index contributed by atoms with van der Waals surface area (Å²) in [6, 6.07) is 8.34. The lowest BCUT2D eigenvalue weighted by molar-refractivity contribution is 0.0996. The maximum absolute atomic E-state index is 11.1. The first-order valence-electron chi connectivity index (χ1n) is 5.26. The zero-order valence-corrected chi connectivity index (χ0v) is 12.0. The molecule has 7 heteroatoms. The van der Waals surface area contributed by atoms with Crippen molar-refractivity contribution in [2.75, 3.05) is 11.1 Å². The predicted octanol–water partition coefficient (Wildman–Crippen LogP) is 2.92. The normalized spacial score (nSPS) is 10.2. The maximum atomic E-state index is 11.1. The quantitative estimate of drug-likeness (QED) is 0.800. The van der Waals surface area contributed by atoms with Crippen molar-refractivity contribution in [3.05, 3.63) is 45.5 Å². The van der Waals surface area contributed by atoms with E-state index in [0.717, 1.165) is 4.47 Å². The first-order valence-corrected chi connectivity index (χ1v) is 6.43. The molecular formula is C12H10BrClN4O. The van der Waals surface area contributed by atoms with Gasteiger partial charge < -0.3 is 16.8 Å². The lowest BCUT2D eigenvalue weighted by Gasteiger charge is -2.10. The molecule has 19 heavy (non-hydrogen) atoms. The Morgan fingerprint density at radius 3 is 2.68 bits per heavy atom. The van der Waals surface area contributed by atoms with Crippen molar-refractivity contribution < 1.29 is 4.79 Å². The first-order chi connectivity index (χ1) is 8.97. The van der Waals surface area contributed by atoms with Crippen LogP contribution in [0.25, 0.3) is 0 Å². The van der Waals surface area contributed by atoms with E-state index in [1.807, 2.05) is 0 Å². The number of nitrogens with zero attached hydrogens (tertiary/aromatic N) is 1. The minimum Gasteiger partial charge on any atom is -0.396 e. The second kappa shape index (κ2) is 5.46. The number of aromatic nitrogens is 1. The largest absolute Gasteiger partial charge is 0.396 e. The number of hydrogen-bond acceptors (Lipinski definition) is 4. The number of nitrogens with one attached hydrogen (secondary N) is 1. The second-order valence-electron chi connectivity index (χ2n) is 3.75. The summed E-state index contributed by atoms with van der Waals surface area (Å²) in [6.07, 6.45) is 0. The molecule has 5 N–H and O–H groups in total. The van der Waals surface area contributed by atoms with Gasteiger partial charge in [-0.3, -0.25) is 4.79 Å². The van der Waals surface area contributed by atoms with Crippen molar-refractivity contribution in [3.63, 3.8) is 0 Å². The van der Waals surface area contributed by atoms with E-state index in [9.17, 15) is 4.79 Å². The van der Waals surface area contributed by atoms with Gasteiger partial charge in [-0.15, -0.1) is 0 Å². The van der Waals surface area contributed by atoms with Gasteiger partial charge >= 0.3 is 0 Å². The lowest BCUT2D eigenvalue weighted by atomic mass is 10.3. The molecule has 0 saturated heterocycles. The fourth-order valence-electron chi connectivity index (χ4n) is 1.42. The number of primary amides is 1. The molecule has 0 unspecified atom stereocenters. The Labute approximate surface area is 123 Å². The summed E-state index contributed by atoms with van der Waals surface area (Å²) in [5.74, 6) is -0.258. The number of hydrogen-bond donors (Lipinski definition) is 3. The molecule has 98 valence electrons. The summed E-state index contributed by atoms with van der Waals surface area (Å²) in [7, 11) is 0. The van der Waals surface area contributed by atoms with Crippen LogP contribution in [0.4, 0.5) is 17.2 Å². The molecule has 0 spiro atoms. The van der Waals surface area contributed by atoms with E-state index in [-0.39, 0.29) is 5.69 Å². The molecule has 2 aromatic rings. The number of anilines is 3. The van der Waals surface area contributed by atoms with Gasteiger partial charge in [0, 0.05) is 10.2 Å². The monoisotopic (exact) mass is 340 g/mol. The lowest BCUT2D eigenvalue weighted by Crippen LogP contribution is -2.14. The van der Waals surface area contributed by atoms with Crippen molar-refractivity contribution in [1.29, 1.82) is 0 Å². The summed E-state index contributed by atoms with van der Waals surface area (Å²) < 4.78 is 0.784. The average Bonchev–Trinajstić information content (AvgIpc) is 2.36. The van der Waals surface area contributed by atoms with Crippen LogP contribution in [0.3, 0.4) is 0 Å². The third-order valence-corrected chi connectivity index (χ3v) is 3.59. The van der Waals surface area contributed by atoms with Crippen molar-refractivity contribution in [1.82, 2.24) is 4.98 Å². The van der Waals surface area contributed by atoms with Crippen molar-refractivity contribution in [3.8, 4) is 0 Å². The summed E-state index contributed by atoms with van der Waals surface area (Å²) in [5, 5.41) is 3.54. The first kappa shape index (κ1) is 13.6. The van der Waals surface area contributed by atoms with E-state index in [1.165, 1.54) is 6.07 Å². The summed E-state index contributed by atoms with van der Waals surface area (Å²) in [6.45, 7) is 0. The number of carbonyl (C=O) groups excluding carboxylic acids is 1. The van der Waals surface area contributed by atoms with E-state index in [4.69, 9.17) is 23.1 Å². The van der Waals surface area contributed by atoms with Crippen LogP contribution in [-0.2, 0) is 0 Å². The zero-order valence-electron chi connectivity index (χ0n) is 9.65. The Kier molecular flexibility index (Phi) is 3.92. The van der Waals surface area contributed by atoms with Gasteiger partial charge in [-0.05, 0) is 46.3 Å². The Hall–Kier alpha value is -1.79. The summed E-state index contributed by atoms with van der Waals surface area (Å²) in [5.41, 5.74) is 12.2. The van der Waals surface area contributed by atoms with Gasteiger partial charge in [0.2, 0.25) is 0 Å². The molecule has 1 aromatic heterocycles. The number of pyridine rings is 1. The molecule has 1 heterocycles. The van der Waals surface area contributed by atoms with Crippen LogP contribution in [0.1, 0.15) is 10.5 Å². The average molecular weight is 342 g/mol. The Morgan fingerprint density at radius 1 is 1.32 bits per heavy atom. The van der Waals surface area contributed by atoms with Crippen LogP contribution >= 0.6 is 27.5 Å². The molecule has 0 aliphatic heterocycles. The molecule has 0 fully saturated rings. The standard InChI is InChI=1S/C12H10BrClN4O/c13-7-2-1-6(5-8(7)14)17-12-9(15)3-4-10(18-12)11(16)19/h1-5H,15H2,(H2,16,19)(H,17,18). The topological polar surface area (TPSA) is 94.0 Å². The molecule has 0 aliphatic carbocycles. The van der Waals surface area contributed by atoms with Gasteiger partial charge in [0.25, 0.3) is 5.91 Å². The molecule has 0 saturated carbocycles. The number of amides is 1. The van der Waals surface area contributed by atoms with Crippen LogP contribution < -0.4 is 16.8 Å². The maximum Gasteiger partial charge on any atom is 0.267 e. The highest BCUT2D eigenvalue weighted by Gasteiger charge is 2.08. The second-order valence-corrected chi connectivity index (χ2v) is 5.01. The SMILES string of the molecule is NC(=O)c1ccc(N)c(Nc2ccc(Br)c(Cl)c2)n1. The number of nitrogens with two attached hydrogens (primary N) is 2. The number of benzene rings is 1. The van der Waals surface area contributed by atoms with E-state index >= 15 is 0 Å². The minimum atomic E-state index is -0.614. The summed E-state index contributed by atoms with van der Waals surface area (Å²) in [4.78, 5) is 15.1. The van der Waals surface area contributed by atoms with E-state index in [1.54, 1.807) is 24.3 Å². The van der Waals surface area contributed by atoms with E-state index in [0.29, 0.717) is 22.2 Å². The van der Waals surface area contributed by atoms with Crippen LogP contribution in [-0.4, -0.2) is 10.9 Å². The molecule has 1 amide bonds. The smallest absolute Gasteiger partial charge is 0.267 e. The number of carbonyl (C=O) groups is 1. The minimum absolute atomic E-state index is 0.139. The Bertz CT molecular complexity index is 648. The number of rotatable bonds is 3. The van der Waals surface area contributed by atoms with Crippen molar-refractivity contribution in [2.45, 2.75) is 0 Å². The molecule has 0 bridgehead atoms. The molecular weight excluding hydrogens is 332 g/mol. The van der Waals surface area contributed by atoms with Crippen molar-refractivity contribution >= 4 is 50.6 Å². The molecule has 0 atom stereocenters. The molecule has 0 radical (unpaired) electrons. The van der Waals surface area contributed by atoms with Crippen LogP contribution in [0.2, 0.25) is 5.02 Å². The highest BCUT2D eigenvalue weighted by molar-refractivity contribution is 9.10. The molecule has 5 nitrogen and oxygen atoms in total. The predicted molar refractivity (Wildman–Crippen MR) is 79.6 cm³/mol. The van der Waals surface area contributed by atoms with Gasteiger partial charge in [0.1, 0.15) is 5.69 Å². The third-order valence-electron chi connectivity index (χ3n) is 2.36. The van der Waals surface area contributed by atoms with Crippen LogP contribution in [0, 0.1) is 0 Å². The van der Waals surface area contributed by atoms with Gasteiger partial charge in [-0.1, -0.05) is 11.6 Å². The van der Waals surface area contributed by atoms with Crippen LogP contribution in [0.15, 0.2) is 34.8 Å². The molecule has 1 aromatic carbocycles. The van der Waals surface area contributed by atoms with E-state index < -0.39 is 5.91 Å². The van der Waals surface area contributed by atoms with E-state index in [2.05, 4.69) is 26.2 Å². The molecule has 2 rings (SSSR count). The zero-order chi connectivity index (χ0) is 14.0. The third kappa shape index (κ3) is 3.15. The van der Waals surface area contributed by atoms with Gasteiger partial charge in [0.05, 0.1) is 10.7 Å². The fraction of sp³-hybridized carbons (Fsp3) is 0. The highest BCUT2D eigenvalue weighted by atomic mass is 79.9. The Balaban J connectivity index is 2.34. The van der Waals surface area contributed by atoms with Gasteiger partial charge in [-0.2, -0.15) is 0 Å². The fourth-order valence-corrected chi connectivity index (χ4v) is 1.85. The van der Waals surface area contributed by atoms with Crippen LogP contribution in [0.5, 0.6) is 0 Å². The summed E-state index contributed by atoms with van der Waals surface area (Å²) >= 11 is 9.29.